The molecule has 1 unspecified atom stereocenters. The monoisotopic (exact) mass is 323 g/mol. The molecule has 1 N–H and O–H groups in total. The smallest absolute Gasteiger partial charge is 0.240 e. The molecule has 7 heteroatoms. The van der Waals surface area contributed by atoms with E-state index in [1.165, 1.54) is 0 Å². The zero-order valence-electron chi connectivity index (χ0n) is 12.6. The summed E-state index contributed by atoms with van der Waals surface area (Å²) in [4.78, 5) is 7.66. The molecule has 0 amide bonds. The van der Waals surface area contributed by atoms with Crippen LogP contribution in [0.15, 0.2) is 22.0 Å². The van der Waals surface area contributed by atoms with Crippen molar-refractivity contribution in [1.29, 1.82) is 0 Å². The number of aromatic nitrogens is 2. The molecule has 1 saturated heterocycles. The van der Waals surface area contributed by atoms with Gasteiger partial charge in [-0.05, 0) is 43.3 Å². The van der Waals surface area contributed by atoms with Crippen LogP contribution in [0.2, 0.25) is 0 Å². The Morgan fingerprint density at radius 3 is 3.00 bits per heavy atom. The van der Waals surface area contributed by atoms with Gasteiger partial charge in [0, 0.05) is 12.0 Å². The summed E-state index contributed by atoms with van der Waals surface area (Å²) >= 11 is 1.63. The van der Waals surface area contributed by atoms with Crippen molar-refractivity contribution < 1.29 is 14.4 Å². The molecule has 6 nitrogen and oxygen atoms in total. The molecule has 1 atom stereocenters. The Bertz CT molecular complexity index is 564. The average molecular weight is 323 g/mol. The Morgan fingerprint density at radius 2 is 2.32 bits per heavy atom. The van der Waals surface area contributed by atoms with Crippen LogP contribution in [0.25, 0.3) is 0 Å². The molecule has 3 rings (SSSR count). The van der Waals surface area contributed by atoms with E-state index in [-0.39, 0.29) is 6.10 Å². The van der Waals surface area contributed by atoms with Crippen LogP contribution < -0.4 is 0 Å². The zero-order chi connectivity index (χ0) is 15.4. The minimum Gasteiger partial charge on any atom is -0.387 e. The number of ether oxygens (including phenoxy) is 1. The van der Waals surface area contributed by atoms with Gasteiger partial charge in [0.1, 0.15) is 6.61 Å². The van der Waals surface area contributed by atoms with Gasteiger partial charge in [0.05, 0.1) is 12.6 Å². The lowest BCUT2D eigenvalue weighted by molar-refractivity contribution is 0.0560. The highest BCUT2D eigenvalue weighted by atomic mass is 32.1. The maximum atomic E-state index is 10.4. The number of aliphatic hydroxyl groups excluding tert-OH is 1. The van der Waals surface area contributed by atoms with Crippen molar-refractivity contribution in [2.24, 2.45) is 5.92 Å². The second-order valence-corrected chi connectivity index (χ2v) is 6.59. The third-order valence-electron chi connectivity index (χ3n) is 4.06. The minimum absolute atomic E-state index is 0.334. The van der Waals surface area contributed by atoms with Gasteiger partial charge in [0.25, 0.3) is 0 Å². The fourth-order valence-corrected chi connectivity index (χ4v) is 3.66. The highest BCUT2D eigenvalue weighted by molar-refractivity contribution is 7.10. The van der Waals surface area contributed by atoms with Crippen LogP contribution in [0.3, 0.4) is 0 Å². The maximum Gasteiger partial charge on any atom is 0.240 e. The topological polar surface area (TPSA) is 71.6 Å². The first-order valence-electron chi connectivity index (χ1n) is 7.50. The zero-order valence-corrected chi connectivity index (χ0v) is 13.5. The standard InChI is InChI=1S/C15H21N3O3S/c1-20-10-13-16-14(21-17-13)9-18-6-4-11(5-7-18)15(19)12-3-2-8-22-12/h2-3,8,11,15,19H,4-7,9-10H2,1H3. The summed E-state index contributed by atoms with van der Waals surface area (Å²) in [6, 6.07) is 4.00. The Kier molecular flexibility index (Phi) is 5.20. The molecule has 22 heavy (non-hydrogen) atoms. The maximum absolute atomic E-state index is 10.4. The first-order chi connectivity index (χ1) is 10.8. The van der Waals surface area contributed by atoms with E-state index in [4.69, 9.17) is 9.26 Å². The van der Waals surface area contributed by atoms with E-state index >= 15 is 0 Å². The Morgan fingerprint density at radius 1 is 1.50 bits per heavy atom. The van der Waals surface area contributed by atoms with Crippen molar-refractivity contribution >= 4 is 11.3 Å². The summed E-state index contributed by atoms with van der Waals surface area (Å²) in [7, 11) is 1.61. The lowest BCUT2D eigenvalue weighted by Gasteiger charge is -2.33. The lowest BCUT2D eigenvalue weighted by atomic mass is 9.90. The van der Waals surface area contributed by atoms with Gasteiger partial charge in [-0.25, -0.2) is 0 Å². The second-order valence-electron chi connectivity index (χ2n) is 5.61. The summed E-state index contributed by atoms with van der Waals surface area (Å²) in [5.74, 6) is 1.55. The normalized spacial score (nSPS) is 18.6. The average Bonchev–Trinajstić information content (AvgIpc) is 3.20. The molecule has 0 spiro atoms. The number of aliphatic hydroxyl groups is 1. The van der Waals surface area contributed by atoms with Crippen molar-refractivity contribution in [2.45, 2.75) is 32.1 Å². The van der Waals surface area contributed by atoms with Crippen LogP contribution in [-0.4, -0.2) is 40.3 Å². The summed E-state index contributed by atoms with van der Waals surface area (Å²) in [6.45, 7) is 2.92. The lowest BCUT2D eigenvalue weighted by Crippen LogP contribution is -2.35. The first-order valence-corrected chi connectivity index (χ1v) is 8.38. The van der Waals surface area contributed by atoms with E-state index in [0.717, 1.165) is 30.8 Å². The van der Waals surface area contributed by atoms with Crippen molar-refractivity contribution in [1.82, 2.24) is 15.0 Å². The SMILES string of the molecule is COCc1noc(CN2CCC(C(O)c3cccs3)CC2)n1. The third kappa shape index (κ3) is 3.73. The molecule has 1 aliphatic heterocycles. The van der Waals surface area contributed by atoms with E-state index in [2.05, 4.69) is 15.0 Å². The second kappa shape index (κ2) is 7.32. The first kappa shape index (κ1) is 15.6. The van der Waals surface area contributed by atoms with Crippen LogP contribution in [-0.2, 0) is 17.9 Å². The molecule has 0 radical (unpaired) electrons. The van der Waals surface area contributed by atoms with Gasteiger partial charge in [-0.15, -0.1) is 11.3 Å². The van der Waals surface area contributed by atoms with Gasteiger partial charge >= 0.3 is 0 Å². The number of rotatable bonds is 6. The number of likely N-dealkylation sites (tertiary alicyclic amines) is 1. The van der Waals surface area contributed by atoms with E-state index in [9.17, 15) is 5.11 Å². The van der Waals surface area contributed by atoms with Gasteiger partial charge in [-0.2, -0.15) is 4.98 Å². The number of thiophene rings is 1. The largest absolute Gasteiger partial charge is 0.387 e. The van der Waals surface area contributed by atoms with Crippen LogP contribution in [0.4, 0.5) is 0 Å². The molecule has 1 fully saturated rings. The van der Waals surface area contributed by atoms with Crippen LogP contribution in [0.5, 0.6) is 0 Å². The highest BCUT2D eigenvalue weighted by Gasteiger charge is 2.27. The summed E-state index contributed by atoms with van der Waals surface area (Å²) < 4.78 is 10.2. The van der Waals surface area contributed by atoms with Crippen molar-refractivity contribution in [3.8, 4) is 0 Å². The Balaban J connectivity index is 1.49. The van der Waals surface area contributed by atoms with Gasteiger partial charge in [-0.3, -0.25) is 4.90 Å². The van der Waals surface area contributed by atoms with Crippen molar-refractivity contribution in [3.63, 3.8) is 0 Å². The summed E-state index contributed by atoms with van der Waals surface area (Å²) in [5, 5.41) is 16.3. The van der Waals surface area contributed by atoms with E-state index in [0.29, 0.717) is 30.8 Å². The van der Waals surface area contributed by atoms with Crippen molar-refractivity contribution in [3.05, 3.63) is 34.1 Å². The Labute approximate surface area is 133 Å². The third-order valence-corrected chi connectivity index (χ3v) is 5.00. The number of methoxy groups -OCH3 is 1. The van der Waals surface area contributed by atoms with E-state index in [1.54, 1.807) is 18.4 Å². The molecular weight excluding hydrogens is 302 g/mol. The Hall–Kier alpha value is -1.28. The number of hydrogen-bond acceptors (Lipinski definition) is 7. The summed E-state index contributed by atoms with van der Waals surface area (Å²) in [5.41, 5.74) is 0. The van der Waals surface area contributed by atoms with Gasteiger partial charge < -0.3 is 14.4 Å². The predicted molar refractivity (Wildman–Crippen MR) is 82.3 cm³/mol. The molecule has 0 bridgehead atoms. The predicted octanol–water partition coefficient (Wildman–Crippen LogP) is 2.22. The van der Waals surface area contributed by atoms with Crippen LogP contribution in [0.1, 0.15) is 35.5 Å². The van der Waals surface area contributed by atoms with Crippen molar-refractivity contribution in [2.75, 3.05) is 20.2 Å². The van der Waals surface area contributed by atoms with Crippen LogP contribution >= 0.6 is 11.3 Å². The molecule has 2 aromatic rings. The molecule has 120 valence electrons. The molecule has 3 heterocycles. The van der Waals surface area contributed by atoms with Gasteiger partial charge in [-0.1, -0.05) is 11.2 Å². The highest BCUT2D eigenvalue weighted by Crippen LogP contribution is 2.33. The molecule has 1 aliphatic rings. The van der Waals surface area contributed by atoms with Crippen LogP contribution in [0, 0.1) is 5.92 Å². The van der Waals surface area contributed by atoms with E-state index < -0.39 is 0 Å². The number of hydrogen-bond donors (Lipinski definition) is 1. The number of nitrogens with zero attached hydrogens (tertiary/aromatic N) is 3. The molecule has 2 aromatic heterocycles. The minimum atomic E-state index is -0.334. The van der Waals surface area contributed by atoms with Gasteiger partial charge in [0.15, 0.2) is 5.82 Å². The quantitative estimate of drug-likeness (QED) is 0.879. The molecular formula is C15H21N3O3S. The summed E-state index contributed by atoms with van der Waals surface area (Å²) in [6.07, 6.45) is 1.63. The fourth-order valence-electron chi connectivity index (χ4n) is 2.85. The molecule has 0 aromatic carbocycles. The molecule has 0 aliphatic carbocycles. The fraction of sp³-hybridized carbons (Fsp3) is 0.600. The number of piperidine rings is 1. The van der Waals surface area contributed by atoms with E-state index in [1.807, 2.05) is 17.5 Å². The van der Waals surface area contributed by atoms with Gasteiger partial charge in [0.2, 0.25) is 5.89 Å². The molecule has 0 saturated carbocycles.